The molecule has 1 N–H and O–H groups in total. The Hall–Kier alpha value is -1.99. The van der Waals surface area contributed by atoms with Crippen LogP contribution in [-0.4, -0.2) is 24.8 Å². The summed E-state index contributed by atoms with van der Waals surface area (Å²) < 4.78 is 4.67. The van der Waals surface area contributed by atoms with Crippen LogP contribution in [-0.2, 0) is 14.3 Å². The highest BCUT2D eigenvalue weighted by molar-refractivity contribution is 7.12. The van der Waals surface area contributed by atoms with Crippen LogP contribution in [0.25, 0.3) is 0 Å². The van der Waals surface area contributed by atoms with Gasteiger partial charge in [-0.05, 0) is 22.9 Å². The highest BCUT2D eigenvalue weighted by atomic mass is 32.1. The molecule has 2 rings (SSSR count). The molecular formula is C16H17NO4S2. The van der Waals surface area contributed by atoms with E-state index in [1.807, 2.05) is 22.9 Å². The molecule has 0 fully saturated rings. The molecule has 122 valence electrons. The van der Waals surface area contributed by atoms with Crippen molar-refractivity contribution in [2.24, 2.45) is 0 Å². The topological polar surface area (TPSA) is 72.5 Å². The summed E-state index contributed by atoms with van der Waals surface area (Å²) in [6.45, 7) is 0. The van der Waals surface area contributed by atoms with E-state index in [0.717, 1.165) is 4.88 Å². The first-order chi connectivity index (χ1) is 11.1. The smallest absolute Gasteiger partial charge is 0.307 e. The van der Waals surface area contributed by atoms with E-state index in [2.05, 4.69) is 10.1 Å². The number of nitrogens with one attached hydrogen (secondary N) is 1. The van der Waals surface area contributed by atoms with Crippen molar-refractivity contribution in [3.8, 4) is 0 Å². The number of rotatable bonds is 8. The average Bonchev–Trinajstić information content (AvgIpc) is 3.24. The predicted octanol–water partition coefficient (Wildman–Crippen LogP) is 3.19. The minimum absolute atomic E-state index is 0.0456. The number of esters is 1. The number of methoxy groups -OCH3 is 1. The summed E-state index contributed by atoms with van der Waals surface area (Å²) in [6, 6.07) is 6.84. The number of carbonyl (C=O) groups excluding carboxylic acids is 3. The number of ether oxygens (including phenoxy) is 1. The van der Waals surface area contributed by atoms with Gasteiger partial charge in [0.1, 0.15) is 0 Å². The van der Waals surface area contributed by atoms with Crippen molar-refractivity contribution in [3.05, 3.63) is 44.8 Å². The van der Waals surface area contributed by atoms with Crippen molar-refractivity contribution in [1.29, 1.82) is 0 Å². The molecule has 5 nitrogen and oxygen atoms in total. The molecular weight excluding hydrogens is 334 g/mol. The largest absolute Gasteiger partial charge is 0.469 e. The van der Waals surface area contributed by atoms with E-state index in [0.29, 0.717) is 4.88 Å². The molecule has 0 aromatic carbocycles. The SMILES string of the molecule is COC(=O)C[C@H](NC(=O)CCC(=O)c1cccs1)c1cccs1. The van der Waals surface area contributed by atoms with Crippen LogP contribution in [0.3, 0.4) is 0 Å². The van der Waals surface area contributed by atoms with E-state index in [1.54, 1.807) is 12.1 Å². The number of hydrogen-bond acceptors (Lipinski definition) is 6. The normalized spacial score (nSPS) is 11.7. The van der Waals surface area contributed by atoms with Gasteiger partial charge in [0.05, 0.1) is 24.4 Å². The lowest BCUT2D eigenvalue weighted by Gasteiger charge is -2.16. The Labute approximate surface area is 142 Å². The van der Waals surface area contributed by atoms with E-state index in [-0.39, 0.29) is 31.0 Å². The third-order valence-electron chi connectivity index (χ3n) is 3.20. The van der Waals surface area contributed by atoms with Gasteiger partial charge in [-0.1, -0.05) is 12.1 Å². The Kier molecular flexibility index (Phi) is 6.49. The first kappa shape index (κ1) is 17.4. The molecule has 0 unspecified atom stereocenters. The molecule has 0 aliphatic heterocycles. The predicted molar refractivity (Wildman–Crippen MR) is 89.7 cm³/mol. The summed E-state index contributed by atoms with van der Waals surface area (Å²) in [6.07, 6.45) is 0.323. The molecule has 1 atom stereocenters. The van der Waals surface area contributed by atoms with Crippen LogP contribution >= 0.6 is 22.7 Å². The van der Waals surface area contributed by atoms with Crippen molar-refractivity contribution in [2.45, 2.75) is 25.3 Å². The zero-order valence-electron chi connectivity index (χ0n) is 12.6. The molecule has 1 amide bonds. The molecule has 7 heteroatoms. The van der Waals surface area contributed by atoms with Crippen LogP contribution in [0, 0.1) is 0 Å². The highest BCUT2D eigenvalue weighted by Gasteiger charge is 2.20. The number of amides is 1. The van der Waals surface area contributed by atoms with Crippen LogP contribution in [0.1, 0.15) is 39.9 Å². The highest BCUT2D eigenvalue weighted by Crippen LogP contribution is 2.23. The van der Waals surface area contributed by atoms with Gasteiger partial charge >= 0.3 is 5.97 Å². The molecule has 23 heavy (non-hydrogen) atoms. The Morgan fingerprint density at radius 2 is 1.87 bits per heavy atom. The first-order valence-electron chi connectivity index (χ1n) is 7.06. The molecule has 2 aromatic heterocycles. The van der Waals surface area contributed by atoms with Gasteiger partial charge in [0.15, 0.2) is 5.78 Å². The molecule has 0 aliphatic rings. The zero-order chi connectivity index (χ0) is 16.7. The summed E-state index contributed by atoms with van der Waals surface area (Å²) in [5, 5.41) is 6.52. The fourth-order valence-corrected chi connectivity index (χ4v) is 3.49. The minimum atomic E-state index is -0.424. The van der Waals surface area contributed by atoms with Crippen LogP contribution in [0.15, 0.2) is 35.0 Å². The van der Waals surface area contributed by atoms with Gasteiger partial charge in [0.25, 0.3) is 0 Å². The summed E-state index contributed by atoms with van der Waals surface area (Å²) in [7, 11) is 1.31. The second-order valence-electron chi connectivity index (χ2n) is 4.82. The van der Waals surface area contributed by atoms with Gasteiger partial charge in [-0.15, -0.1) is 22.7 Å². The monoisotopic (exact) mass is 351 g/mol. The number of thiophene rings is 2. The molecule has 0 saturated heterocycles. The Morgan fingerprint density at radius 1 is 1.13 bits per heavy atom. The van der Waals surface area contributed by atoms with Gasteiger partial charge in [-0.25, -0.2) is 0 Å². The number of carbonyl (C=O) groups is 3. The summed E-state index contributed by atoms with van der Waals surface area (Å²) in [5.41, 5.74) is 0. The second kappa shape index (κ2) is 8.59. The summed E-state index contributed by atoms with van der Waals surface area (Å²) >= 11 is 2.83. The third kappa shape index (κ3) is 5.30. The molecule has 0 bridgehead atoms. The summed E-state index contributed by atoms with van der Waals surface area (Å²) in [4.78, 5) is 37.0. The summed E-state index contributed by atoms with van der Waals surface area (Å²) in [5.74, 6) is -0.689. The fourth-order valence-electron chi connectivity index (χ4n) is 2.02. The van der Waals surface area contributed by atoms with E-state index in [4.69, 9.17) is 0 Å². The van der Waals surface area contributed by atoms with Gasteiger partial charge in [0.2, 0.25) is 5.91 Å². The fraction of sp³-hybridized carbons (Fsp3) is 0.312. The number of hydrogen-bond donors (Lipinski definition) is 1. The number of Topliss-reactive ketones (excluding diaryl/α,β-unsaturated/α-hetero) is 1. The van der Waals surface area contributed by atoms with Crippen LogP contribution in [0.4, 0.5) is 0 Å². The van der Waals surface area contributed by atoms with E-state index in [1.165, 1.54) is 29.8 Å². The maximum Gasteiger partial charge on any atom is 0.307 e. The van der Waals surface area contributed by atoms with Gasteiger partial charge < -0.3 is 10.1 Å². The van der Waals surface area contributed by atoms with Crippen molar-refractivity contribution in [3.63, 3.8) is 0 Å². The minimum Gasteiger partial charge on any atom is -0.469 e. The molecule has 0 aliphatic carbocycles. The van der Waals surface area contributed by atoms with E-state index < -0.39 is 12.0 Å². The van der Waals surface area contributed by atoms with Crippen molar-refractivity contribution in [2.75, 3.05) is 7.11 Å². The van der Waals surface area contributed by atoms with Gasteiger partial charge in [0, 0.05) is 17.7 Å². The Morgan fingerprint density at radius 3 is 2.48 bits per heavy atom. The lowest BCUT2D eigenvalue weighted by molar-refractivity contribution is -0.141. The molecule has 0 saturated carbocycles. The van der Waals surface area contributed by atoms with E-state index in [9.17, 15) is 14.4 Å². The zero-order valence-corrected chi connectivity index (χ0v) is 14.2. The quantitative estimate of drug-likeness (QED) is 0.585. The molecule has 2 aromatic rings. The van der Waals surface area contributed by atoms with Gasteiger partial charge in [-0.2, -0.15) is 0 Å². The molecule has 0 spiro atoms. The van der Waals surface area contributed by atoms with Crippen LogP contribution in [0.5, 0.6) is 0 Å². The molecule has 0 radical (unpaired) electrons. The Balaban J connectivity index is 1.89. The van der Waals surface area contributed by atoms with Crippen LogP contribution in [0.2, 0.25) is 0 Å². The van der Waals surface area contributed by atoms with Crippen molar-refractivity contribution < 1.29 is 19.1 Å². The van der Waals surface area contributed by atoms with Crippen LogP contribution < -0.4 is 5.32 Å². The number of ketones is 1. The lowest BCUT2D eigenvalue weighted by Crippen LogP contribution is -2.30. The Bertz CT molecular complexity index is 650. The van der Waals surface area contributed by atoms with Crippen molar-refractivity contribution in [1.82, 2.24) is 5.32 Å². The molecule has 2 heterocycles. The maximum atomic E-state index is 12.1. The average molecular weight is 351 g/mol. The second-order valence-corrected chi connectivity index (χ2v) is 6.74. The third-order valence-corrected chi connectivity index (χ3v) is 5.09. The first-order valence-corrected chi connectivity index (χ1v) is 8.82. The van der Waals surface area contributed by atoms with Crippen molar-refractivity contribution >= 4 is 40.3 Å². The lowest BCUT2D eigenvalue weighted by atomic mass is 10.1. The van der Waals surface area contributed by atoms with Gasteiger partial charge in [-0.3, -0.25) is 14.4 Å². The standard InChI is InChI=1S/C16H17NO4S2/c1-21-16(20)10-11(13-4-2-8-22-13)17-15(19)7-6-12(18)14-5-3-9-23-14/h2-5,8-9,11H,6-7,10H2,1H3,(H,17,19)/t11-/m0/s1. The van der Waals surface area contributed by atoms with E-state index >= 15 is 0 Å². The maximum absolute atomic E-state index is 12.1.